The molecule has 1 saturated heterocycles. The number of benzene rings is 1. The number of ether oxygens (including phenoxy) is 1. The molecule has 0 aliphatic carbocycles. The monoisotopic (exact) mass is 362 g/mol. The lowest BCUT2D eigenvalue weighted by Gasteiger charge is -2.22. The third-order valence-corrected chi connectivity index (χ3v) is 4.92. The quantitative estimate of drug-likeness (QED) is 0.763. The van der Waals surface area contributed by atoms with E-state index in [9.17, 15) is 14.7 Å². The molecule has 1 aromatic carbocycles. The number of hydrogen-bond donors (Lipinski definition) is 2. The van der Waals surface area contributed by atoms with Gasteiger partial charge < -0.3 is 15.2 Å². The number of β-amino-alcohol motifs (C(OH)–C–C–N with tert-alkyl or cyclic N) is 1. The van der Waals surface area contributed by atoms with E-state index in [1.807, 2.05) is 26.0 Å². The minimum Gasteiger partial charge on any atom is -0.491 e. The second kappa shape index (κ2) is 7.27. The molecule has 1 aliphatic rings. The van der Waals surface area contributed by atoms with Gasteiger partial charge in [-0.15, -0.1) is 0 Å². The Labute approximate surface area is 155 Å². The van der Waals surface area contributed by atoms with Crippen LogP contribution >= 0.6 is 0 Å². The molecule has 26 heavy (non-hydrogen) atoms. The topological polar surface area (TPSA) is 78.9 Å². The van der Waals surface area contributed by atoms with Gasteiger partial charge in [0.25, 0.3) is 5.91 Å². The molecule has 0 saturated carbocycles. The summed E-state index contributed by atoms with van der Waals surface area (Å²) in [6, 6.07) is 5.51. The van der Waals surface area contributed by atoms with Gasteiger partial charge in [-0.25, -0.2) is 4.79 Å². The molecule has 0 radical (unpaired) electrons. The minimum atomic E-state index is -0.953. The number of aliphatic hydroxyl groups is 1. The van der Waals surface area contributed by atoms with Crippen LogP contribution in [0.15, 0.2) is 18.2 Å². The number of nitrogens with one attached hydrogen (secondary N) is 1. The molecule has 0 bridgehead atoms. The minimum absolute atomic E-state index is 0.00953. The van der Waals surface area contributed by atoms with Gasteiger partial charge in [0, 0.05) is 0 Å². The second-order valence-electron chi connectivity index (χ2n) is 8.23. The predicted octanol–water partition coefficient (Wildman–Crippen LogP) is 2.75. The highest BCUT2D eigenvalue weighted by Crippen LogP contribution is 2.27. The maximum absolute atomic E-state index is 12.4. The highest BCUT2D eigenvalue weighted by atomic mass is 16.5. The van der Waals surface area contributed by atoms with Crippen LogP contribution in [0.25, 0.3) is 0 Å². The summed E-state index contributed by atoms with van der Waals surface area (Å²) in [6.07, 6.45) is -0.453. The Morgan fingerprint density at radius 2 is 1.96 bits per heavy atom. The van der Waals surface area contributed by atoms with Gasteiger partial charge in [-0.3, -0.25) is 9.69 Å². The van der Waals surface area contributed by atoms with Crippen molar-refractivity contribution in [2.75, 3.05) is 13.2 Å². The maximum atomic E-state index is 12.4. The Bertz CT molecular complexity index is 696. The van der Waals surface area contributed by atoms with Crippen molar-refractivity contribution in [1.82, 2.24) is 10.2 Å². The van der Waals surface area contributed by atoms with Crippen LogP contribution in [0.2, 0.25) is 0 Å². The van der Waals surface area contributed by atoms with Crippen LogP contribution in [-0.4, -0.2) is 46.7 Å². The lowest BCUT2D eigenvalue weighted by atomic mass is 9.86. The van der Waals surface area contributed by atoms with Crippen molar-refractivity contribution in [1.29, 1.82) is 0 Å². The highest BCUT2D eigenvalue weighted by molar-refractivity contribution is 6.06. The van der Waals surface area contributed by atoms with Gasteiger partial charge in [0.15, 0.2) is 0 Å². The molecule has 1 aliphatic heterocycles. The third-order valence-electron chi connectivity index (χ3n) is 4.92. The number of aryl methyl sites for hydroxylation is 1. The van der Waals surface area contributed by atoms with Crippen LogP contribution in [0.4, 0.5) is 4.79 Å². The molecule has 2 rings (SSSR count). The first-order valence-corrected chi connectivity index (χ1v) is 9.04. The van der Waals surface area contributed by atoms with Crippen LogP contribution in [-0.2, 0) is 10.2 Å². The molecule has 0 aromatic heterocycles. The van der Waals surface area contributed by atoms with Crippen LogP contribution in [0.3, 0.4) is 0 Å². The van der Waals surface area contributed by atoms with Crippen molar-refractivity contribution in [3.05, 3.63) is 29.3 Å². The molecule has 6 nitrogen and oxygen atoms in total. The summed E-state index contributed by atoms with van der Waals surface area (Å²) in [6.45, 7) is 11.9. The van der Waals surface area contributed by atoms with E-state index >= 15 is 0 Å². The molecular weight excluding hydrogens is 332 g/mol. The second-order valence-corrected chi connectivity index (χ2v) is 8.23. The molecule has 0 spiro atoms. The Morgan fingerprint density at radius 3 is 2.46 bits per heavy atom. The van der Waals surface area contributed by atoms with E-state index in [1.54, 1.807) is 6.92 Å². The van der Waals surface area contributed by atoms with E-state index in [0.29, 0.717) is 12.2 Å². The highest BCUT2D eigenvalue weighted by Gasteiger charge is 2.46. The van der Waals surface area contributed by atoms with Gasteiger partial charge in [-0.2, -0.15) is 0 Å². The van der Waals surface area contributed by atoms with Crippen LogP contribution < -0.4 is 10.1 Å². The van der Waals surface area contributed by atoms with Crippen molar-refractivity contribution < 1.29 is 19.4 Å². The van der Waals surface area contributed by atoms with Crippen LogP contribution in [0, 0.1) is 6.92 Å². The third kappa shape index (κ3) is 4.18. The number of urea groups is 1. The Balaban J connectivity index is 1.96. The van der Waals surface area contributed by atoms with Crippen LogP contribution in [0.5, 0.6) is 5.75 Å². The van der Waals surface area contributed by atoms with Crippen molar-refractivity contribution in [2.24, 2.45) is 0 Å². The zero-order valence-corrected chi connectivity index (χ0v) is 16.5. The fraction of sp³-hybridized carbons (Fsp3) is 0.600. The Morgan fingerprint density at radius 1 is 1.31 bits per heavy atom. The molecule has 1 fully saturated rings. The standard InChI is InChI=1S/C20H30N2O4/c1-7-20(6)17(24)22(18(25)21-20)11-15(23)12-26-16-9-8-14(10-13(16)2)19(3,4)5/h8-10,15,23H,7,11-12H2,1-6H3,(H,21,25)/t15-,20-/m1/s1. The summed E-state index contributed by atoms with van der Waals surface area (Å²) in [7, 11) is 0. The summed E-state index contributed by atoms with van der Waals surface area (Å²) in [5.74, 6) is 0.377. The Kier molecular flexibility index (Phi) is 5.66. The number of aliphatic hydroxyl groups excluding tert-OH is 1. The normalized spacial score (nSPS) is 21.7. The molecule has 2 N–H and O–H groups in total. The molecule has 3 amide bonds. The van der Waals surface area contributed by atoms with E-state index in [-0.39, 0.29) is 24.5 Å². The first kappa shape index (κ1) is 20.2. The number of rotatable bonds is 6. The summed E-state index contributed by atoms with van der Waals surface area (Å²) in [5.41, 5.74) is 1.36. The molecule has 1 aromatic rings. The van der Waals surface area contributed by atoms with Crippen molar-refractivity contribution in [2.45, 2.75) is 65.0 Å². The molecule has 144 valence electrons. The van der Waals surface area contributed by atoms with Crippen molar-refractivity contribution in [3.63, 3.8) is 0 Å². The van der Waals surface area contributed by atoms with Crippen molar-refractivity contribution >= 4 is 11.9 Å². The number of carbonyl (C=O) groups is 2. The van der Waals surface area contributed by atoms with Crippen LogP contribution in [0.1, 0.15) is 52.2 Å². The van der Waals surface area contributed by atoms with Gasteiger partial charge in [0.2, 0.25) is 0 Å². The van der Waals surface area contributed by atoms with Gasteiger partial charge in [0.1, 0.15) is 24.0 Å². The zero-order valence-electron chi connectivity index (χ0n) is 16.5. The number of nitrogens with zero attached hydrogens (tertiary/aromatic N) is 1. The average Bonchev–Trinajstić information content (AvgIpc) is 2.76. The number of amides is 3. The SMILES string of the molecule is CC[C@@]1(C)NC(=O)N(C[C@@H](O)COc2ccc(C(C)(C)C)cc2C)C1=O. The summed E-state index contributed by atoms with van der Waals surface area (Å²) in [4.78, 5) is 25.4. The molecule has 0 unspecified atom stereocenters. The number of hydrogen-bond acceptors (Lipinski definition) is 4. The van der Waals surface area contributed by atoms with Gasteiger partial charge in [-0.1, -0.05) is 39.8 Å². The zero-order chi connectivity index (χ0) is 19.7. The predicted molar refractivity (Wildman–Crippen MR) is 100 cm³/mol. The molecule has 1 heterocycles. The smallest absolute Gasteiger partial charge is 0.325 e. The lowest BCUT2D eigenvalue weighted by molar-refractivity contribution is -0.132. The van der Waals surface area contributed by atoms with E-state index < -0.39 is 17.7 Å². The first-order valence-electron chi connectivity index (χ1n) is 9.04. The number of imide groups is 1. The largest absolute Gasteiger partial charge is 0.491 e. The van der Waals surface area contributed by atoms with Gasteiger partial charge in [0.05, 0.1) is 6.54 Å². The molecule has 6 heteroatoms. The lowest BCUT2D eigenvalue weighted by Crippen LogP contribution is -2.44. The number of carbonyl (C=O) groups excluding carboxylic acids is 2. The van der Waals surface area contributed by atoms with E-state index in [4.69, 9.17) is 4.74 Å². The summed E-state index contributed by atoms with van der Waals surface area (Å²) in [5, 5.41) is 12.9. The van der Waals surface area contributed by atoms with Crippen molar-refractivity contribution in [3.8, 4) is 5.75 Å². The summed E-state index contributed by atoms with van der Waals surface area (Å²) >= 11 is 0. The summed E-state index contributed by atoms with van der Waals surface area (Å²) < 4.78 is 5.71. The molecule has 2 atom stereocenters. The average molecular weight is 362 g/mol. The van der Waals surface area contributed by atoms with Gasteiger partial charge in [-0.05, 0) is 42.9 Å². The van der Waals surface area contributed by atoms with E-state index in [2.05, 4.69) is 32.2 Å². The fourth-order valence-corrected chi connectivity index (χ4v) is 2.88. The first-order chi connectivity index (χ1) is 12.0. The molecular formula is C20H30N2O4. The van der Waals surface area contributed by atoms with Gasteiger partial charge >= 0.3 is 6.03 Å². The van der Waals surface area contributed by atoms with E-state index in [1.165, 1.54) is 5.56 Å². The van der Waals surface area contributed by atoms with E-state index in [0.717, 1.165) is 10.5 Å². The fourth-order valence-electron chi connectivity index (χ4n) is 2.88. The Hall–Kier alpha value is -2.08. The maximum Gasteiger partial charge on any atom is 0.325 e.